The predicted molar refractivity (Wildman–Crippen MR) is 64.8 cm³/mol. The monoisotopic (exact) mass is 252 g/mol. The second kappa shape index (κ2) is 5.90. The van der Waals surface area contributed by atoms with Gasteiger partial charge in [0.25, 0.3) is 5.91 Å². The van der Waals surface area contributed by atoms with Gasteiger partial charge in [0.05, 0.1) is 4.92 Å². The fourth-order valence-electron chi connectivity index (χ4n) is 1.41. The zero-order valence-corrected chi connectivity index (χ0v) is 9.85. The van der Waals surface area contributed by atoms with Crippen LogP contribution in [-0.2, 0) is 0 Å². The highest BCUT2D eigenvalue weighted by molar-refractivity contribution is 5.95. The maximum absolute atomic E-state index is 13.1. The first kappa shape index (κ1) is 13.8. The second-order valence-electron chi connectivity index (χ2n) is 3.82. The number of carbonyl (C=O) groups is 1. The maximum atomic E-state index is 13.1. The van der Waals surface area contributed by atoms with E-state index >= 15 is 0 Å². The normalized spacial score (nSPS) is 11.7. The van der Waals surface area contributed by atoms with Crippen LogP contribution in [0.4, 0.5) is 10.1 Å². The van der Waals surface area contributed by atoms with Gasteiger partial charge in [-0.15, -0.1) is 6.58 Å². The Morgan fingerprint density at radius 2 is 2.33 bits per heavy atom. The summed E-state index contributed by atoms with van der Waals surface area (Å²) in [5, 5.41) is 13.2. The van der Waals surface area contributed by atoms with E-state index in [1.165, 1.54) is 6.07 Å². The smallest absolute Gasteiger partial charge is 0.305 e. The van der Waals surface area contributed by atoms with Gasteiger partial charge in [-0.05, 0) is 25.5 Å². The van der Waals surface area contributed by atoms with Crippen LogP contribution in [0.3, 0.4) is 0 Å². The molecule has 1 aromatic carbocycles. The van der Waals surface area contributed by atoms with Gasteiger partial charge in [0, 0.05) is 17.7 Å². The topological polar surface area (TPSA) is 72.2 Å². The highest BCUT2D eigenvalue weighted by Crippen LogP contribution is 2.18. The maximum Gasteiger partial charge on any atom is 0.305 e. The SMILES string of the molecule is C=CCC(C)NC(=O)c1ccc(F)c([N+](=O)[O-])c1. The summed E-state index contributed by atoms with van der Waals surface area (Å²) < 4.78 is 13.1. The molecule has 0 fully saturated rings. The van der Waals surface area contributed by atoms with Crippen LogP contribution in [0.15, 0.2) is 30.9 Å². The molecule has 1 unspecified atom stereocenters. The molecule has 0 radical (unpaired) electrons. The Bertz CT molecular complexity index is 488. The summed E-state index contributed by atoms with van der Waals surface area (Å²) in [5.41, 5.74) is -0.655. The van der Waals surface area contributed by atoms with Crippen molar-refractivity contribution in [2.24, 2.45) is 0 Å². The quantitative estimate of drug-likeness (QED) is 0.497. The van der Waals surface area contributed by atoms with Crippen molar-refractivity contribution >= 4 is 11.6 Å². The highest BCUT2D eigenvalue weighted by Gasteiger charge is 2.18. The number of hydrogen-bond acceptors (Lipinski definition) is 3. The van der Waals surface area contributed by atoms with Gasteiger partial charge in [0.2, 0.25) is 5.82 Å². The number of hydrogen-bond donors (Lipinski definition) is 1. The Morgan fingerprint density at radius 3 is 2.89 bits per heavy atom. The highest BCUT2D eigenvalue weighted by atomic mass is 19.1. The number of rotatable bonds is 5. The number of nitrogens with one attached hydrogen (secondary N) is 1. The number of halogens is 1. The molecule has 6 heteroatoms. The summed E-state index contributed by atoms with van der Waals surface area (Å²) in [5.74, 6) is -1.44. The average molecular weight is 252 g/mol. The molecule has 0 saturated carbocycles. The second-order valence-corrected chi connectivity index (χ2v) is 3.82. The Hall–Kier alpha value is -2.24. The molecule has 0 aliphatic heterocycles. The van der Waals surface area contributed by atoms with E-state index in [-0.39, 0.29) is 11.6 Å². The molecular formula is C12H13FN2O3. The van der Waals surface area contributed by atoms with Crippen molar-refractivity contribution in [1.29, 1.82) is 0 Å². The molecule has 96 valence electrons. The third-order valence-electron chi connectivity index (χ3n) is 2.30. The summed E-state index contributed by atoms with van der Waals surface area (Å²) in [6.45, 7) is 5.31. The minimum atomic E-state index is -0.962. The van der Waals surface area contributed by atoms with E-state index in [0.717, 1.165) is 12.1 Å². The van der Waals surface area contributed by atoms with Crippen LogP contribution in [0, 0.1) is 15.9 Å². The van der Waals surface area contributed by atoms with Crippen LogP contribution < -0.4 is 5.32 Å². The van der Waals surface area contributed by atoms with Gasteiger partial charge in [-0.2, -0.15) is 4.39 Å². The first-order chi connectivity index (χ1) is 8.45. The third-order valence-corrected chi connectivity index (χ3v) is 2.30. The number of nitro groups is 1. The summed E-state index contributed by atoms with van der Waals surface area (Å²) in [7, 11) is 0. The number of carbonyl (C=O) groups excluding carboxylic acids is 1. The number of benzene rings is 1. The average Bonchev–Trinajstić information content (AvgIpc) is 2.29. The van der Waals surface area contributed by atoms with Crippen molar-refractivity contribution in [3.63, 3.8) is 0 Å². The van der Waals surface area contributed by atoms with Gasteiger partial charge in [0.1, 0.15) is 0 Å². The molecule has 0 bridgehead atoms. The molecule has 0 aliphatic carbocycles. The van der Waals surface area contributed by atoms with Crippen molar-refractivity contribution in [3.8, 4) is 0 Å². The van der Waals surface area contributed by atoms with E-state index in [2.05, 4.69) is 11.9 Å². The van der Waals surface area contributed by atoms with Crippen molar-refractivity contribution in [3.05, 3.63) is 52.3 Å². The Labute approximate surface area is 103 Å². The molecule has 1 N–H and O–H groups in total. The molecule has 1 amide bonds. The Kier molecular flexibility index (Phi) is 4.53. The van der Waals surface area contributed by atoms with Gasteiger partial charge >= 0.3 is 5.69 Å². The fraction of sp³-hybridized carbons (Fsp3) is 0.250. The molecule has 5 nitrogen and oxygen atoms in total. The zero-order valence-electron chi connectivity index (χ0n) is 9.85. The fourth-order valence-corrected chi connectivity index (χ4v) is 1.41. The van der Waals surface area contributed by atoms with E-state index < -0.39 is 22.3 Å². The molecule has 1 aromatic rings. The molecular weight excluding hydrogens is 239 g/mol. The van der Waals surface area contributed by atoms with E-state index in [0.29, 0.717) is 6.42 Å². The lowest BCUT2D eigenvalue weighted by molar-refractivity contribution is -0.387. The van der Waals surface area contributed by atoms with Gasteiger partial charge in [0.15, 0.2) is 0 Å². The molecule has 0 saturated heterocycles. The number of amides is 1. The van der Waals surface area contributed by atoms with Gasteiger partial charge < -0.3 is 5.32 Å². The summed E-state index contributed by atoms with van der Waals surface area (Å²) >= 11 is 0. The van der Waals surface area contributed by atoms with Gasteiger partial charge in [-0.3, -0.25) is 14.9 Å². The standard InChI is InChI=1S/C12H13FN2O3/c1-3-4-8(2)14-12(16)9-5-6-10(13)11(7-9)15(17)18/h3,5-8H,1,4H2,2H3,(H,14,16). The first-order valence-electron chi connectivity index (χ1n) is 5.31. The number of nitro benzene ring substituents is 1. The Morgan fingerprint density at radius 1 is 1.67 bits per heavy atom. The molecule has 1 rings (SSSR count). The van der Waals surface area contributed by atoms with Crippen LogP contribution in [0.25, 0.3) is 0 Å². The largest absolute Gasteiger partial charge is 0.349 e. The third kappa shape index (κ3) is 3.38. The lowest BCUT2D eigenvalue weighted by Crippen LogP contribution is -2.32. The zero-order chi connectivity index (χ0) is 13.7. The Balaban J connectivity index is 2.90. The van der Waals surface area contributed by atoms with Crippen molar-refractivity contribution in [2.45, 2.75) is 19.4 Å². The summed E-state index contributed by atoms with van der Waals surface area (Å²) in [6.07, 6.45) is 2.23. The van der Waals surface area contributed by atoms with Crippen molar-refractivity contribution < 1.29 is 14.1 Å². The lowest BCUT2D eigenvalue weighted by atomic mass is 10.1. The predicted octanol–water partition coefficient (Wildman–Crippen LogP) is 2.43. The van der Waals surface area contributed by atoms with Gasteiger partial charge in [-0.25, -0.2) is 0 Å². The lowest BCUT2D eigenvalue weighted by Gasteiger charge is -2.11. The molecule has 0 aromatic heterocycles. The van der Waals surface area contributed by atoms with E-state index in [1.54, 1.807) is 13.0 Å². The van der Waals surface area contributed by atoms with Crippen molar-refractivity contribution in [1.82, 2.24) is 5.32 Å². The number of nitrogens with zero attached hydrogens (tertiary/aromatic N) is 1. The molecule has 0 heterocycles. The molecule has 1 atom stereocenters. The van der Waals surface area contributed by atoms with Crippen LogP contribution in [0.1, 0.15) is 23.7 Å². The van der Waals surface area contributed by atoms with E-state index in [9.17, 15) is 19.3 Å². The first-order valence-corrected chi connectivity index (χ1v) is 5.31. The summed E-state index contributed by atoms with van der Waals surface area (Å²) in [6, 6.07) is 2.90. The van der Waals surface area contributed by atoms with Crippen molar-refractivity contribution in [2.75, 3.05) is 0 Å². The van der Waals surface area contributed by atoms with Gasteiger partial charge in [-0.1, -0.05) is 6.08 Å². The van der Waals surface area contributed by atoms with E-state index in [4.69, 9.17) is 0 Å². The molecule has 0 spiro atoms. The summed E-state index contributed by atoms with van der Waals surface area (Å²) in [4.78, 5) is 21.4. The van der Waals surface area contributed by atoms with Crippen LogP contribution >= 0.6 is 0 Å². The van der Waals surface area contributed by atoms with Crippen LogP contribution in [-0.4, -0.2) is 16.9 Å². The minimum absolute atomic E-state index is 0.0546. The van der Waals surface area contributed by atoms with Crippen LogP contribution in [0.5, 0.6) is 0 Å². The molecule has 18 heavy (non-hydrogen) atoms. The minimum Gasteiger partial charge on any atom is -0.349 e. The van der Waals surface area contributed by atoms with E-state index in [1.807, 2.05) is 0 Å². The molecule has 0 aliphatic rings. The van der Waals surface area contributed by atoms with Crippen LogP contribution in [0.2, 0.25) is 0 Å².